The van der Waals surface area contributed by atoms with Gasteiger partial charge in [0.2, 0.25) is 0 Å². The average molecular weight is 184 g/mol. The quantitative estimate of drug-likeness (QED) is 0.659. The van der Waals surface area contributed by atoms with Crippen molar-refractivity contribution in [1.82, 2.24) is 0 Å². The summed E-state index contributed by atoms with van der Waals surface area (Å²) >= 11 is 0. The molecule has 0 aromatic carbocycles. The molecule has 1 saturated carbocycles. The molecule has 0 bridgehead atoms. The molecule has 1 fully saturated rings. The van der Waals surface area contributed by atoms with Crippen molar-refractivity contribution in [2.75, 3.05) is 0 Å². The molecule has 1 aliphatic rings. The van der Waals surface area contributed by atoms with Crippen LogP contribution in [0.4, 0.5) is 0 Å². The third-order valence-electron chi connectivity index (χ3n) is 2.45. The van der Waals surface area contributed by atoms with E-state index in [-0.39, 0.29) is 0 Å². The van der Waals surface area contributed by atoms with Crippen LogP contribution in [0.15, 0.2) is 10.2 Å². The fourth-order valence-corrected chi connectivity index (χ4v) is 1.58. The molecule has 0 atom stereocenters. The second kappa shape index (κ2) is 4.18. The monoisotopic (exact) mass is 184 g/mol. The van der Waals surface area contributed by atoms with Gasteiger partial charge in [-0.15, -0.1) is 0 Å². The summed E-state index contributed by atoms with van der Waals surface area (Å²) in [6.45, 7) is 5.59. The number of rotatable bonds is 2. The summed E-state index contributed by atoms with van der Waals surface area (Å²) in [5.41, 5.74) is -0.997. The van der Waals surface area contributed by atoms with E-state index in [4.69, 9.17) is 0 Å². The Balaban J connectivity index is 2.34. The van der Waals surface area contributed by atoms with Crippen LogP contribution in [-0.2, 0) is 0 Å². The predicted octanol–water partition coefficient (Wildman–Crippen LogP) is 2.75. The maximum Gasteiger partial charge on any atom is 0.170 e. The molecule has 0 radical (unpaired) electrons. The third-order valence-corrected chi connectivity index (χ3v) is 2.45. The van der Waals surface area contributed by atoms with Crippen molar-refractivity contribution in [3.8, 4) is 0 Å². The summed E-state index contributed by atoms with van der Waals surface area (Å²) in [7, 11) is 0. The van der Waals surface area contributed by atoms with Gasteiger partial charge in [-0.05, 0) is 45.4 Å². The Morgan fingerprint density at radius 3 is 2.15 bits per heavy atom. The van der Waals surface area contributed by atoms with E-state index in [2.05, 4.69) is 17.2 Å². The molecule has 0 unspecified atom stereocenters. The van der Waals surface area contributed by atoms with Gasteiger partial charge in [-0.2, -0.15) is 10.2 Å². The zero-order valence-corrected chi connectivity index (χ0v) is 8.82. The Bertz CT molecular complexity index is 176. The SMILES string of the molecule is CC1CCC(N=NC(C)(C)O)CC1. The molecule has 3 heteroatoms. The third kappa shape index (κ3) is 4.36. The highest BCUT2D eigenvalue weighted by Gasteiger charge is 2.18. The van der Waals surface area contributed by atoms with Gasteiger partial charge in [0.1, 0.15) is 0 Å². The lowest BCUT2D eigenvalue weighted by molar-refractivity contribution is 0.0793. The molecule has 3 nitrogen and oxygen atoms in total. The van der Waals surface area contributed by atoms with Crippen molar-refractivity contribution in [3.05, 3.63) is 0 Å². The first-order valence-corrected chi connectivity index (χ1v) is 5.12. The van der Waals surface area contributed by atoms with Crippen LogP contribution in [-0.4, -0.2) is 16.9 Å². The molecule has 0 saturated heterocycles. The minimum absolute atomic E-state index is 0.350. The molecule has 1 rings (SSSR count). The first kappa shape index (κ1) is 10.6. The topological polar surface area (TPSA) is 45.0 Å². The van der Waals surface area contributed by atoms with E-state index < -0.39 is 5.72 Å². The summed E-state index contributed by atoms with van der Waals surface area (Å²) in [4.78, 5) is 0. The van der Waals surface area contributed by atoms with Gasteiger partial charge in [-0.3, -0.25) is 0 Å². The van der Waals surface area contributed by atoms with E-state index in [0.29, 0.717) is 6.04 Å². The lowest BCUT2D eigenvalue weighted by atomic mass is 9.88. The molecule has 76 valence electrons. The largest absolute Gasteiger partial charge is 0.368 e. The van der Waals surface area contributed by atoms with Crippen LogP contribution in [0.1, 0.15) is 46.5 Å². The van der Waals surface area contributed by atoms with E-state index in [1.54, 1.807) is 13.8 Å². The van der Waals surface area contributed by atoms with Gasteiger partial charge in [0, 0.05) is 0 Å². The summed E-state index contributed by atoms with van der Waals surface area (Å²) < 4.78 is 0. The van der Waals surface area contributed by atoms with Crippen LogP contribution in [0.5, 0.6) is 0 Å². The number of hydrogen-bond acceptors (Lipinski definition) is 3. The molecule has 0 aliphatic heterocycles. The van der Waals surface area contributed by atoms with Gasteiger partial charge >= 0.3 is 0 Å². The van der Waals surface area contributed by atoms with Crippen LogP contribution < -0.4 is 0 Å². The first-order valence-electron chi connectivity index (χ1n) is 5.12. The minimum Gasteiger partial charge on any atom is -0.368 e. The molecular formula is C10H20N2O. The van der Waals surface area contributed by atoms with Gasteiger partial charge in [0.15, 0.2) is 5.72 Å². The van der Waals surface area contributed by atoms with Gasteiger partial charge in [-0.25, -0.2) is 0 Å². The number of hydrogen-bond donors (Lipinski definition) is 1. The van der Waals surface area contributed by atoms with E-state index in [0.717, 1.165) is 18.8 Å². The number of nitrogens with zero attached hydrogens (tertiary/aromatic N) is 2. The summed E-state index contributed by atoms with van der Waals surface area (Å²) in [5, 5.41) is 17.4. The van der Waals surface area contributed by atoms with E-state index >= 15 is 0 Å². The predicted molar refractivity (Wildman–Crippen MR) is 52.6 cm³/mol. The van der Waals surface area contributed by atoms with Crippen LogP contribution in [0.25, 0.3) is 0 Å². The van der Waals surface area contributed by atoms with Crippen molar-refractivity contribution in [2.24, 2.45) is 16.1 Å². The Morgan fingerprint density at radius 1 is 1.15 bits per heavy atom. The van der Waals surface area contributed by atoms with Crippen LogP contribution in [0, 0.1) is 5.92 Å². The summed E-state index contributed by atoms with van der Waals surface area (Å²) in [6.07, 6.45) is 4.74. The maximum atomic E-state index is 9.34. The molecule has 1 N–H and O–H groups in total. The lowest BCUT2D eigenvalue weighted by Gasteiger charge is -2.22. The van der Waals surface area contributed by atoms with Crippen molar-refractivity contribution in [2.45, 2.75) is 58.2 Å². The van der Waals surface area contributed by atoms with Crippen LogP contribution in [0.3, 0.4) is 0 Å². The standard InChI is InChI=1S/C10H20N2O/c1-8-4-6-9(7-5-8)11-12-10(2,3)13/h8-9,13H,4-7H2,1-3H3. The first-order chi connectivity index (χ1) is 5.97. The molecule has 0 heterocycles. The van der Waals surface area contributed by atoms with Gasteiger partial charge in [0.25, 0.3) is 0 Å². The molecule has 0 spiro atoms. The molecule has 0 aromatic rings. The number of aliphatic hydroxyl groups is 1. The van der Waals surface area contributed by atoms with Gasteiger partial charge in [-0.1, -0.05) is 6.92 Å². The smallest absolute Gasteiger partial charge is 0.170 e. The Morgan fingerprint density at radius 2 is 1.69 bits per heavy atom. The second-order valence-electron chi connectivity index (χ2n) is 4.62. The van der Waals surface area contributed by atoms with E-state index in [9.17, 15) is 5.11 Å². The molecule has 1 aliphatic carbocycles. The molecule has 0 aromatic heterocycles. The van der Waals surface area contributed by atoms with E-state index in [1.807, 2.05) is 0 Å². The molecular weight excluding hydrogens is 164 g/mol. The van der Waals surface area contributed by atoms with Gasteiger partial charge < -0.3 is 5.11 Å². The highest BCUT2D eigenvalue weighted by Crippen LogP contribution is 2.26. The summed E-state index contributed by atoms with van der Waals surface area (Å²) in [5.74, 6) is 0.841. The highest BCUT2D eigenvalue weighted by atomic mass is 16.3. The zero-order chi connectivity index (χ0) is 9.90. The Hall–Kier alpha value is -0.440. The zero-order valence-electron chi connectivity index (χ0n) is 8.82. The average Bonchev–Trinajstić information content (AvgIpc) is 2.02. The minimum atomic E-state index is -0.997. The fourth-order valence-electron chi connectivity index (χ4n) is 1.58. The Kier molecular flexibility index (Phi) is 3.42. The van der Waals surface area contributed by atoms with Crippen molar-refractivity contribution in [1.29, 1.82) is 0 Å². The fraction of sp³-hybridized carbons (Fsp3) is 1.00. The Labute approximate surface area is 80.3 Å². The molecule has 0 amide bonds. The van der Waals surface area contributed by atoms with Crippen LogP contribution in [0.2, 0.25) is 0 Å². The number of azo groups is 1. The van der Waals surface area contributed by atoms with Crippen LogP contribution >= 0.6 is 0 Å². The molecule has 13 heavy (non-hydrogen) atoms. The normalized spacial score (nSPS) is 31.1. The van der Waals surface area contributed by atoms with Crippen molar-refractivity contribution >= 4 is 0 Å². The summed E-state index contributed by atoms with van der Waals surface area (Å²) in [6, 6.07) is 0.350. The van der Waals surface area contributed by atoms with Crippen molar-refractivity contribution in [3.63, 3.8) is 0 Å². The highest BCUT2D eigenvalue weighted by molar-refractivity contribution is 4.74. The second-order valence-corrected chi connectivity index (χ2v) is 4.62. The maximum absolute atomic E-state index is 9.34. The lowest BCUT2D eigenvalue weighted by Crippen LogP contribution is -2.18. The van der Waals surface area contributed by atoms with Crippen molar-refractivity contribution < 1.29 is 5.11 Å². The van der Waals surface area contributed by atoms with Gasteiger partial charge in [0.05, 0.1) is 6.04 Å². The van der Waals surface area contributed by atoms with E-state index in [1.165, 1.54) is 12.8 Å².